The van der Waals surface area contributed by atoms with E-state index in [9.17, 15) is 9.90 Å². The standard InChI is InChI=1S/C15H27NO2/c1-2-16(11-13-7-8-13)12-15(14(17)18)9-5-3-4-6-10-15/h13H,2-12H2,1H3,(H,17,18). The summed E-state index contributed by atoms with van der Waals surface area (Å²) in [7, 11) is 0. The highest BCUT2D eigenvalue weighted by Gasteiger charge is 2.40. The van der Waals surface area contributed by atoms with Crippen LogP contribution in [0, 0.1) is 11.3 Å². The maximum Gasteiger partial charge on any atom is 0.310 e. The molecule has 2 fully saturated rings. The van der Waals surface area contributed by atoms with Crippen LogP contribution < -0.4 is 0 Å². The summed E-state index contributed by atoms with van der Waals surface area (Å²) in [6.45, 7) is 5.04. The van der Waals surface area contributed by atoms with Gasteiger partial charge in [0, 0.05) is 13.1 Å². The second-order valence-electron chi connectivity index (χ2n) is 6.27. The van der Waals surface area contributed by atoms with Crippen LogP contribution in [0.3, 0.4) is 0 Å². The largest absolute Gasteiger partial charge is 0.481 e. The minimum absolute atomic E-state index is 0.457. The van der Waals surface area contributed by atoms with E-state index in [1.54, 1.807) is 0 Å². The molecule has 1 N–H and O–H groups in total. The van der Waals surface area contributed by atoms with Crippen LogP contribution in [-0.2, 0) is 4.79 Å². The Morgan fingerprint density at radius 2 is 1.83 bits per heavy atom. The number of hydrogen-bond acceptors (Lipinski definition) is 2. The third kappa shape index (κ3) is 3.47. The van der Waals surface area contributed by atoms with Gasteiger partial charge in [0.1, 0.15) is 0 Å². The number of carboxylic acids is 1. The summed E-state index contributed by atoms with van der Waals surface area (Å²) in [5, 5.41) is 9.68. The molecule has 2 saturated carbocycles. The molecule has 0 atom stereocenters. The van der Waals surface area contributed by atoms with E-state index < -0.39 is 11.4 Å². The van der Waals surface area contributed by atoms with Gasteiger partial charge in [-0.1, -0.05) is 32.6 Å². The molecule has 0 amide bonds. The molecule has 0 aromatic rings. The molecule has 0 unspecified atom stereocenters. The summed E-state index contributed by atoms with van der Waals surface area (Å²) in [4.78, 5) is 14.1. The quantitative estimate of drug-likeness (QED) is 0.739. The Balaban J connectivity index is 2.00. The molecule has 104 valence electrons. The van der Waals surface area contributed by atoms with E-state index in [1.807, 2.05) is 0 Å². The zero-order valence-electron chi connectivity index (χ0n) is 11.7. The summed E-state index contributed by atoms with van der Waals surface area (Å²) < 4.78 is 0. The smallest absolute Gasteiger partial charge is 0.310 e. The Labute approximate surface area is 111 Å². The Hall–Kier alpha value is -0.570. The maximum absolute atomic E-state index is 11.8. The van der Waals surface area contributed by atoms with Gasteiger partial charge in [-0.05, 0) is 38.1 Å². The predicted octanol–water partition coefficient (Wildman–Crippen LogP) is 3.14. The van der Waals surface area contributed by atoms with Crippen LogP contribution in [0.1, 0.15) is 58.3 Å². The molecule has 0 radical (unpaired) electrons. The molecule has 2 rings (SSSR count). The predicted molar refractivity (Wildman–Crippen MR) is 72.6 cm³/mol. The summed E-state index contributed by atoms with van der Waals surface area (Å²) in [6.07, 6.45) is 9.05. The molecule has 3 nitrogen and oxygen atoms in total. The molecule has 3 heteroatoms. The van der Waals surface area contributed by atoms with Crippen LogP contribution in [0.4, 0.5) is 0 Å². The van der Waals surface area contributed by atoms with Gasteiger partial charge in [0.15, 0.2) is 0 Å². The molecule has 0 spiro atoms. The fourth-order valence-corrected chi connectivity index (χ4v) is 3.24. The van der Waals surface area contributed by atoms with Gasteiger partial charge < -0.3 is 10.0 Å². The lowest BCUT2D eigenvalue weighted by molar-refractivity contribution is -0.151. The van der Waals surface area contributed by atoms with Gasteiger partial charge in [-0.25, -0.2) is 0 Å². The van der Waals surface area contributed by atoms with Crippen molar-refractivity contribution in [3.63, 3.8) is 0 Å². The number of carboxylic acid groups (broad SMARTS) is 1. The van der Waals surface area contributed by atoms with E-state index in [2.05, 4.69) is 11.8 Å². The summed E-state index contributed by atoms with van der Waals surface area (Å²) >= 11 is 0. The highest BCUT2D eigenvalue weighted by atomic mass is 16.4. The number of hydrogen-bond donors (Lipinski definition) is 1. The van der Waals surface area contributed by atoms with Crippen molar-refractivity contribution in [2.24, 2.45) is 11.3 Å². The Kier molecular flexibility index (Phi) is 4.66. The van der Waals surface area contributed by atoms with Gasteiger partial charge in [-0.3, -0.25) is 4.79 Å². The first-order valence-electron chi connectivity index (χ1n) is 7.62. The van der Waals surface area contributed by atoms with Crippen molar-refractivity contribution in [3.05, 3.63) is 0 Å². The van der Waals surface area contributed by atoms with E-state index in [0.717, 1.165) is 51.2 Å². The van der Waals surface area contributed by atoms with E-state index in [4.69, 9.17) is 0 Å². The highest BCUT2D eigenvalue weighted by molar-refractivity contribution is 5.75. The highest BCUT2D eigenvalue weighted by Crippen LogP contribution is 2.37. The second-order valence-corrected chi connectivity index (χ2v) is 6.27. The normalized spacial score (nSPS) is 23.9. The molecule has 0 bridgehead atoms. The number of carbonyl (C=O) groups is 1. The lowest BCUT2D eigenvalue weighted by Gasteiger charge is -2.34. The fraction of sp³-hybridized carbons (Fsp3) is 0.933. The molecule has 0 aromatic heterocycles. The Morgan fingerprint density at radius 3 is 2.28 bits per heavy atom. The van der Waals surface area contributed by atoms with Gasteiger partial charge in [0.25, 0.3) is 0 Å². The zero-order valence-corrected chi connectivity index (χ0v) is 11.7. The van der Waals surface area contributed by atoms with Crippen LogP contribution in [0.25, 0.3) is 0 Å². The molecular weight excluding hydrogens is 226 g/mol. The topological polar surface area (TPSA) is 40.5 Å². The van der Waals surface area contributed by atoms with Crippen molar-refractivity contribution in [2.45, 2.75) is 58.3 Å². The fourth-order valence-electron chi connectivity index (χ4n) is 3.24. The van der Waals surface area contributed by atoms with Gasteiger partial charge in [-0.15, -0.1) is 0 Å². The van der Waals surface area contributed by atoms with E-state index in [0.29, 0.717) is 0 Å². The number of aliphatic carboxylic acids is 1. The monoisotopic (exact) mass is 253 g/mol. The van der Waals surface area contributed by atoms with E-state index in [-0.39, 0.29) is 0 Å². The Bertz CT molecular complexity index is 278. The van der Waals surface area contributed by atoms with Crippen molar-refractivity contribution in [1.29, 1.82) is 0 Å². The molecular formula is C15H27NO2. The average molecular weight is 253 g/mol. The van der Waals surface area contributed by atoms with Crippen molar-refractivity contribution in [2.75, 3.05) is 19.6 Å². The van der Waals surface area contributed by atoms with Crippen molar-refractivity contribution >= 4 is 5.97 Å². The van der Waals surface area contributed by atoms with Gasteiger partial charge in [0.2, 0.25) is 0 Å². The van der Waals surface area contributed by atoms with Crippen LogP contribution in [-0.4, -0.2) is 35.6 Å². The minimum Gasteiger partial charge on any atom is -0.481 e. The number of nitrogens with zero attached hydrogens (tertiary/aromatic N) is 1. The van der Waals surface area contributed by atoms with Crippen molar-refractivity contribution < 1.29 is 9.90 Å². The number of rotatable bonds is 6. The first-order chi connectivity index (χ1) is 8.66. The lowest BCUT2D eigenvalue weighted by atomic mass is 9.79. The molecule has 2 aliphatic rings. The lowest BCUT2D eigenvalue weighted by Crippen LogP contribution is -2.43. The Morgan fingerprint density at radius 1 is 1.22 bits per heavy atom. The third-order valence-electron chi connectivity index (χ3n) is 4.70. The van der Waals surface area contributed by atoms with E-state index >= 15 is 0 Å². The zero-order chi connectivity index (χ0) is 13.0. The molecule has 0 saturated heterocycles. The van der Waals surface area contributed by atoms with Crippen molar-refractivity contribution in [3.8, 4) is 0 Å². The van der Waals surface area contributed by atoms with Crippen LogP contribution in [0.2, 0.25) is 0 Å². The van der Waals surface area contributed by atoms with Gasteiger partial charge in [0.05, 0.1) is 5.41 Å². The van der Waals surface area contributed by atoms with Crippen molar-refractivity contribution in [1.82, 2.24) is 4.90 Å². The first kappa shape index (κ1) is 13.9. The molecule has 0 heterocycles. The average Bonchev–Trinajstić information content (AvgIpc) is 3.15. The molecule has 2 aliphatic carbocycles. The molecule has 0 aromatic carbocycles. The second kappa shape index (κ2) is 6.05. The van der Waals surface area contributed by atoms with Crippen LogP contribution >= 0.6 is 0 Å². The van der Waals surface area contributed by atoms with Gasteiger partial charge in [-0.2, -0.15) is 0 Å². The third-order valence-corrected chi connectivity index (χ3v) is 4.70. The molecule has 0 aliphatic heterocycles. The van der Waals surface area contributed by atoms with Gasteiger partial charge >= 0.3 is 5.97 Å². The SMILES string of the molecule is CCN(CC1CC1)CC1(C(=O)O)CCCCCC1. The van der Waals surface area contributed by atoms with E-state index in [1.165, 1.54) is 25.7 Å². The maximum atomic E-state index is 11.8. The first-order valence-corrected chi connectivity index (χ1v) is 7.62. The summed E-state index contributed by atoms with van der Waals surface area (Å²) in [5.74, 6) is 0.292. The minimum atomic E-state index is -0.557. The summed E-state index contributed by atoms with van der Waals surface area (Å²) in [5.41, 5.74) is -0.457. The molecule has 18 heavy (non-hydrogen) atoms. The summed E-state index contributed by atoms with van der Waals surface area (Å²) in [6, 6.07) is 0. The van der Waals surface area contributed by atoms with Crippen LogP contribution in [0.15, 0.2) is 0 Å². The van der Waals surface area contributed by atoms with Crippen LogP contribution in [0.5, 0.6) is 0 Å².